The standard InChI is InChI=1S/C17H22N4/c18-12-14-11-13-3-1-2-4-16(13)19-17(14)21-9-7-20(8-10-21)15-5-6-15/h11,15H,1-10H2. The zero-order valence-electron chi connectivity index (χ0n) is 12.5. The molecule has 0 bridgehead atoms. The molecule has 1 aromatic rings. The Morgan fingerprint density at radius 2 is 1.86 bits per heavy atom. The van der Waals surface area contributed by atoms with E-state index in [9.17, 15) is 5.26 Å². The van der Waals surface area contributed by atoms with E-state index in [1.165, 1.54) is 36.9 Å². The topological polar surface area (TPSA) is 43.2 Å². The van der Waals surface area contributed by atoms with Gasteiger partial charge in [0.1, 0.15) is 11.9 Å². The predicted molar refractivity (Wildman–Crippen MR) is 82.4 cm³/mol. The highest BCUT2D eigenvalue weighted by atomic mass is 15.3. The molecular weight excluding hydrogens is 260 g/mol. The maximum Gasteiger partial charge on any atom is 0.146 e. The number of nitriles is 1. The number of pyridine rings is 1. The summed E-state index contributed by atoms with van der Waals surface area (Å²) in [6.45, 7) is 4.26. The van der Waals surface area contributed by atoms with Gasteiger partial charge in [-0.2, -0.15) is 5.26 Å². The van der Waals surface area contributed by atoms with E-state index in [0.29, 0.717) is 0 Å². The van der Waals surface area contributed by atoms with E-state index < -0.39 is 0 Å². The van der Waals surface area contributed by atoms with E-state index in [1.54, 1.807) is 0 Å². The van der Waals surface area contributed by atoms with Crippen LogP contribution in [0, 0.1) is 11.3 Å². The van der Waals surface area contributed by atoms with Crippen molar-refractivity contribution in [1.82, 2.24) is 9.88 Å². The number of fused-ring (bicyclic) bond motifs is 1. The van der Waals surface area contributed by atoms with Crippen molar-refractivity contribution in [2.24, 2.45) is 0 Å². The third-order valence-electron chi connectivity index (χ3n) is 5.08. The summed E-state index contributed by atoms with van der Waals surface area (Å²) in [5.74, 6) is 0.939. The Labute approximate surface area is 126 Å². The maximum atomic E-state index is 9.47. The van der Waals surface area contributed by atoms with Gasteiger partial charge in [0.25, 0.3) is 0 Å². The summed E-state index contributed by atoms with van der Waals surface area (Å²) in [4.78, 5) is 9.80. The quantitative estimate of drug-likeness (QED) is 0.833. The Morgan fingerprint density at radius 3 is 2.57 bits per heavy atom. The minimum Gasteiger partial charge on any atom is -0.353 e. The number of nitrogens with zero attached hydrogens (tertiary/aromatic N) is 4. The van der Waals surface area contributed by atoms with Gasteiger partial charge < -0.3 is 4.90 Å². The van der Waals surface area contributed by atoms with Crippen molar-refractivity contribution in [3.05, 3.63) is 22.9 Å². The Bertz CT molecular complexity index is 577. The molecule has 2 aliphatic carbocycles. The monoisotopic (exact) mass is 282 g/mol. The third-order valence-corrected chi connectivity index (χ3v) is 5.08. The van der Waals surface area contributed by atoms with Gasteiger partial charge in [-0.15, -0.1) is 0 Å². The molecule has 1 saturated heterocycles. The van der Waals surface area contributed by atoms with Crippen LogP contribution in [0.15, 0.2) is 6.07 Å². The zero-order chi connectivity index (χ0) is 14.2. The number of hydrogen-bond donors (Lipinski definition) is 0. The first-order valence-corrected chi connectivity index (χ1v) is 8.27. The third kappa shape index (κ3) is 2.51. The van der Waals surface area contributed by atoms with Crippen LogP contribution in [0.4, 0.5) is 5.82 Å². The second kappa shape index (κ2) is 5.31. The molecule has 0 radical (unpaired) electrons. The number of anilines is 1. The minimum absolute atomic E-state index is 0.774. The second-order valence-electron chi connectivity index (χ2n) is 6.54. The summed E-state index contributed by atoms with van der Waals surface area (Å²) < 4.78 is 0. The summed E-state index contributed by atoms with van der Waals surface area (Å²) in [7, 11) is 0. The molecular formula is C17H22N4. The van der Waals surface area contributed by atoms with Gasteiger partial charge >= 0.3 is 0 Å². The zero-order valence-corrected chi connectivity index (χ0v) is 12.5. The molecule has 0 atom stereocenters. The number of rotatable bonds is 2. The van der Waals surface area contributed by atoms with E-state index in [-0.39, 0.29) is 0 Å². The number of aryl methyl sites for hydroxylation is 2. The molecule has 4 rings (SSSR count). The van der Waals surface area contributed by atoms with E-state index in [2.05, 4.69) is 21.9 Å². The van der Waals surface area contributed by atoms with Gasteiger partial charge in [0.15, 0.2) is 0 Å². The Kier molecular flexibility index (Phi) is 3.31. The summed E-state index contributed by atoms with van der Waals surface area (Å²) in [5.41, 5.74) is 3.31. The summed E-state index contributed by atoms with van der Waals surface area (Å²) in [6, 6.07) is 5.32. The predicted octanol–water partition coefficient (Wildman–Crippen LogP) is 2.12. The Balaban J connectivity index is 1.57. The smallest absolute Gasteiger partial charge is 0.146 e. The molecule has 1 saturated carbocycles. The van der Waals surface area contributed by atoms with Gasteiger partial charge in [0, 0.05) is 37.9 Å². The average molecular weight is 282 g/mol. The van der Waals surface area contributed by atoms with Crippen LogP contribution in [0.2, 0.25) is 0 Å². The van der Waals surface area contributed by atoms with Crippen LogP contribution in [0.3, 0.4) is 0 Å². The lowest BCUT2D eigenvalue weighted by Crippen LogP contribution is -2.47. The van der Waals surface area contributed by atoms with Crippen LogP contribution >= 0.6 is 0 Å². The Hall–Kier alpha value is -1.60. The lowest BCUT2D eigenvalue weighted by molar-refractivity contribution is 0.247. The molecule has 0 unspecified atom stereocenters. The highest BCUT2D eigenvalue weighted by Gasteiger charge is 2.32. The Morgan fingerprint density at radius 1 is 1.10 bits per heavy atom. The van der Waals surface area contributed by atoms with E-state index in [4.69, 9.17) is 4.98 Å². The SMILES string of the molecule is N#Cc1cc2c(nc1N1CCN(C3CC3)CC1)CCCC2. The molecule has 0 aromatic carbocycles. The highest BCUT2D eigenvalue weighted by molar-refractivity contribution is 5.56. The van der Waals surface area contributed by atoms with Crippen molar-refractivity contribution in [3.8, 4) is 6.07 Å². The molecule has 1 aliphatic heterocycles. The van der Waals surface area contributed by atoms with Crippen LogP contribution in [0.5, 0.6) is 0 Å². The fourth-order valence-electron chi connectivity index (χ4n) is 3.68. The van der Waals surface area contributed by atoms with Crippen LogP contribution < -0.4 is 4.90 Å². The first-order valence-electron chi connectivity index (χ1n) is 8.27. The summed E-state index contributed by atoms with van der Waals surface area (Å²) in [6.07, 6.45) is 7.39. The number of piperazine rings is 1. The highest BCUT2D eigenvalue weighted by Crippen LogP contribution is 2.30. The van der Waals surface area contributed by atoms with Gasteiger partial charge in [0.05, 0.1) is 5.56 Å². The van der Waals surface area contributed by atoms with E-state index in [0.717, 1.165) is 56.4 Å². The van der Waals surface area contributed by atoms with Crippen LogP contribution in [-0.2, 0) is 12.8 Å². The van der Waals surface area contributed by atoms with Crippen LogP contribution in [-0.4, -0.2) is 42.1 Å². The van der Waals surface area contributed by atoms with Gasteiger partial charge in [-0.25, -0.2) is 4.98 Å². The van der Waals surface area contributed by atoms with Crippen molar-refractivity contribution in [2.45, 2.75) is 44.6 Å². The molecule has 21 heavy (non-hydrogen) atoms. The van der Waals surface area contributed by atoms with Crippen molar-refractivity contribution in [2.75, 3.05) is 31.1 Å². The molecule has 110 valence electrons. The van der Waals surface area contributed by atoms with Gasteiger partial charge in [-0.3, -0.25) is 4.90 Å². The average Bonchev–Trinajstić information content (AvgIpc) is 3.39. The van der Waals surface area contributed by atoms with Gasteiger partial charge in [0.2, 0.25) is 0 Å². The molecule has 0 amide bonds. The fourth-order valence-corrected chi connectivity index (χ4v) is 3.68. The normalized spacial score (nSPS) is 22.7. The van der Waals surface area contributed by atoms with E-state index in [1.807, 2.05) is 0 Å². The van der Waals surface area contributed by atoms with Crippen molar-refractivity contribution < 1.29 is 0 Å². The first kappa shape index (κ1) is 13.1. The molecule has 2 heterocycles. The van der Waals surface area contributed by atoms with Gasteiger partial charge in [-0.05, 0) is 50.2 Å². The molecule has 4 heteroatoms. The second-order valence-corrected chi connectivity index (χ2v) is 6.54. The van der Waals surface area contributed by atoms with Crippen LogP contribution in [0.25, 0.3) is 0 Å². The molecule has 1 aromatic heterocycles. The number of hydrogen-bond acceptors (Lipinski definition) is 4. The summed E-state index contributed by atoms with van der Waals surface area (Å²) >= 11 is 0. The van der Waals surface area contributed by atoms with Gasteiger partial charge in [-0.1, -0.05) is 0 Å². The maximum absolute atomic E-state index is 9.47. The minimum atomic E-state index is 0.774. The number of aromatic nitrogens is 1. The van der Waals surface area contributed by atoms with E-state index >= 15 is 0 Å². The van der Waals surface area contributed by atoms with Crippen molar-refractivity contribution >= 4 is 5.82 Å². The molecule has 0 spiro atoms. The fraction of sp³-hybridized carbons (Fsp3) is 0.647. The van der Waals surface area contributed by atoms with Crippen molar-refractivity contribution in [3.63, 3.8) is 0 Å². The summed E-state index contributed by atoms with van der Waals surface area (Å²) in [5, 5.41) is 9.47. The lowest BCUT2D eigenvalue weighted by Gasteiger charge is -2.36. The molecule has 3 aliphatic rings. The van der Waals surface area contributed by atoms with Crippen molar-refractivity contribution in [1.29, 1.82) is 5.26 Å². The molecule has 0 N–H and O–H groups in total. The van der Waals surface area contributed by atoms with Crippen LogP contribution in [0.1, 0.15) is 42.5 Å². The molecule has 4 nitrogen and oxygen atoms in total. The largest absolute Gasteiger partial charge is 0.353 e. The first-order chi connectivity index (χ1) is 10.3. The lowest BCUT2D eigenvalue weighted by atomic mass is 9.95. The molecule has 2 fully saturated rings.